The van der Waals surface area contributed by atoms with Gasteiger partial charge in [0.2, 0.25) is 0 Å². The lowest BCUT2D eigenvalue weighted by atomic mass is 9.82. The number of rotatable bonds is 5. The normalized spacial score (nSPS) is 23.9. The fourth-order valence-corrected chi connectivity index (χ4v) is 3.78. The van der Waals surface area contributed by atoms with Crippen LogP contribution in [0, 0.1) is 17.3 Å². The van der Waals surface area contributed by atoms with Crippen LogP contribution in [0.1, 0.15) is 67.2 Å². The molecule has 0 aromatic heterocycles. The summed E-state index contributed by atoms with van der Waals surface area (Å²) in [6, 6.07) is 7.13. The van der Waals surface area contributed by atoms with E-state index in [-0.39, 0.29) is 17.2 Å². The van der Waals surface area contributed by atoms with Crippen molar-refractivity contribution in [2.75, 3.05) is 19.8 Å². The van der Waals surface area contributed by atoms with Crippen LogP contribution < -0.4 is 0 Å². The number of imide groups is 1. The van der Waals surface area contributed by atoms with E-state index in [0.717, 1.165) is 38.9 Å². The molecule has 25 heavy (non-hydrogen) atoms. The molecule has 1 fully saturated rings. The maximum Gasteiger partial charge on any atom is 0.261 e. The molecule has 0 saturated heterocycles. The molecular formula is C21H29NO3. The van der Waals surface area contributed by atoms with E-state index in [1.165, 1.54) is 4.90 Å². The van der Waals surface area contributed by atoms with Crippen LogP contribution in [0.25, 0.3) is 0 Å². The van der Waals surface area contributed by atoms with E-state index < -0.39 is 0 Å². The van der Waals surface area contributed by atoms with Crippen LogP contribution in [-0.4, -0.2) is 36.5 Å². The Kier molecular flexibility index (Phi) is 5.28. The van der Waals surface area contributed by atoms with Gasteiger partial charge in [0.1, 0.15) is 0 Å². The molecule has 4 nitrogen and oxygen atoms in total. The number of carbonyl (C=O) groups is 2. The molecule has 0 unspecified atom stereocenters. The van der Waals surface area contributed by atoms with E-state index in [4.69, 9.17) is 4.74 Å². The van der Waals surface area contributed by atoms with Gasteiger partial charge in [0.25, 0.3) is 11.8 Å². The minimum absolute atomic E-state index is 0.128. The summed E-state index contributed by atoms with van der Waals surface area (Å²) in [5.74, 6) is 0.773. The van der Waals surface area contributed by atoms with Crippen molar-refractivity contribution in [3.05, 3.63) is 35.4 Å². The van der Waals surface area contributed by atoms with Crippen molar-refractivity contribution in [1.82, 2.24) is 4.90 Å². The minimum Gasteiger partial charge on any atom is -0.381 e. The summed E-state index contributed by atoms with van der Waals surface area (Å²) in [5, 5.41) is 0. The summed E-state index contributed by atoms with van der Waals surface area (Å²) >= 11 is 0. The van der Waals surface area contributed by atoms with Crippen LogP contribution in [0.2, 0.25) is 0 Å². The lowest BCUT2D eigenvalue weighted by Gasteiger charge is -2.31. The monoisotopic (exact) mass is 343 g/mol. The molecule has 1 aliphatic heterocycles. The third kappa shape index (κ3) is 4.30. The van der Waals surface area contributed by atoms with Gasteiger partial charge in [0.15, 0.2) is 0 Å². The summed E-state index contributed by atoms with van der Waals surface area (Å²) in [5.41, 5.74) is 1.32. The molecular weight excluding hydrogens is 314 g/mol. The summed E-state index contributed by atoms with van der Waals surface area (Å²) < 4.78 is 5.86. The Morgan fingerprint density at radius 3 is 2.00 bits per heavy atom. The lowest BCUT2D eigenvalue weighted by molar-refractivity contribution is 0.0321. The Morgan fingerprint density at radius 1 is 0.960 bits per heavy atom. The molecule has 1 saturated carbocycles. The van der Waals surface area contributed by atoms with Crippen LogP contribution in [0.15, 0.2) is 24.3 Å². The predicted molar refractivity (Wildman–Crippen MR) is 97.5 cm³/mol. The molecule has 0 N–H and O–H groups in total. The number of carbonyl (C=O) groups excluding carboxylic acids is 2. The number of hydrogen-bond acceptors (Lipinski definition) is 3. The second-order valence-electron chi connectivity index (χ2n) is 8.73. The molecule has 3 rings (SSSR count). The molecule has 1 aromatic rings. The molecule has 2 aliphatic rings. The lowest BCUT2D eigenvalue weighted by Crippen LogP contribution is -2.36. The van der Waals surface area contributed by atoms with Gasteiger partial charge in [-0.2, -0.15) is 0 Å². The molecule has 0 atom stereocenters. The maximum atomic E-state index is 12.5. The number of fused-ring (bicyclic) bond motifs is 1. The summed E-state index contributed by atoms with van der Waals surface area (Å²) in [4.78, 5) is 26.4. The number of nitrogens with zero attached hydrogens (tertiary/aromatic N) is 1. The molecule has 1 heterocycles. The highest BCUT2D eigenvalue weighted by atomic mass is 16.5. The number of ether oxygens (including phenoxy) is 1. The van der Waals surface area contributed by atoms with Gasteiger partial charge in [-0.1, -0.05) is 32.9 Å². The zero-order valence-electron chi connectivity index (χ0n) is 15.6. The summed E-state index contributed by atoms with van der Waals surface area (Å²) in [7, 11) is 0. The van der Waals surface area contributed by atoms with Crippen LogP contribution >= 0.6 is 0 Å². The quantitative estimate of drug-likeness (QED) is 0.755. The average molecular weight is 343 g/mol. The first-order valence-corrected chi connectivity index (χ1v) is 9.38. The van der Waals surface area contributed by atoms with Crippen molar-refractivity contribution in [3.8, 4) is 0 Å². The van der Waals surface area contributed by atoms with Gasteiger partial charge in [-0.3, -0.25) is 14.5 Å². The van der Waals surface area contributed by atoms with Gasteiger partial charge in [-0.05, 0) is 55.1 Å². The number of hydrogen-bond donors (Lipinski definition) is 0. The van der Waals surface area contributed by atoms with Gasteiger partial charge in [-0.25, -0.2) is 0 Å². The van der Waals surface area contributed by atoms with E-state index in [1.54, 1.807) is 12.1 Å². The van der Waals surface area contributed by atoms with Gasteiger partial charge in [-0.15, -0.1) is 0 Å². The molecule has 0 spiro atoms. The zero-order chi connectivity index (χ0) is 18.0. The van der Waals surface area contributed by atoms with Gasteiger partial charge in [0, 0.05) is 13.2 Å². The molecule has 136 valence electrons. The van der Waals surface area contributed by atoms with Crippen LogP contribution in [-0.2, 0) is 4.74 Å². The van der Waals surface area contributed by atoms with Crippen molar-refractivity contribution < 1.29 is 14.3 Å². The van der Waals surface area contributed by atoms with Crippen molar-refractivity contribution in [2.45, 2.75) is 46.5 Å². The second kappa shape index (κ2) is 7.28. The van der Waals surface area contributed by atoms with E-state index in [0.29, 0.717) is 29.5 Å². The van der Waals surface area contributed by atoms with Gasteiger partial charge >= 0.3 is 0 Å². The topological polar surface area (TPSA) is 46.6 Å². The van der Waals surface area contributed by atoms with Gasteiger partial charge in [0.05, 0.1) is 17.7 Å². The van der Waals surface area contributed by atoms with Crippen molar-refractivity contribution in [2.24, 2.45) is 17.3 Å². The average Bonchev–Trinajstić information content (AvgIpc) is 2.81. The van der Waals surface area contributed by atoms with Crippen LogP contribution in [0.4, 0.5) is 0 Å². The zero-order valence-corrected chi connectivity index (χ0v) is 15.6. The Hall–Kier alpha value is -1.68. The second-order valence-corrected chi connectivity index (χ2v) is 8.73. The van der Waals surface area contributed by atoms with Crippen LogP contribution in [0.3, 0.4) is 0 Å². The molecule has 0 bridgehead atoms. The smallest absolute Gasteiger partial charge is 0.261 e. The third-order valence-corrected chi connectivity index (χ3v) is 5.17. The first kappa shape index (κ1) is 18.1. The SMILES string of the molecule is CC(C)(C)COCC1CCC(CN2C(=O)c3ccccc3C2=O)CC1. The standard InChI is InChI=1S/C21H29NO3/c1-21(2,3)14-25-13-16-10-8-15(9-11-16)12-22-19(23)17-6-4-5-7-18(17)20(22)24/h4-7,15-16H,8-14H2,1-3H3. The number of benzene rings is 1. The molecule has 1 aliphatic carbocycles. The van der Waals surface area contributed by atoms with Crippen molar-refractivity contribution >= 4 is 11.8 Å². The highest BCUT2D eigenvalue weighted by Gasteiger charge is 2.37. The maximum absolute atomic E-state index is 12.5. The predicted octanol–water partition coefficient (Wildman–Crippen LogP) is 4.15. The molecule has 4 heteroatoms. The fourth-order valence-electron chi connectivity index (χ4n) is 3.78. The summed E-state index contributed by atoms with van der Waals surface area (Å²) in [6.45, 7) is 8.74. The largest absolute Gasteiger partial charge is 0.381 e. The van der Waals surface area contributed by atoms with E-state index in [2.05, 4.69) is 20.8 Å². The number of amides is 2. The van der Waals surface area contributed by atoms with Crippen LogP contribution in [0.5, 0.6) is 0 Å². The Labute approximate surface area is 150 Å². The first-order valence-electron chi connectivity index (χ1n) is 9.38. The highest BCUT2D eigenvalue weighted by Crippen LogP contribution is 2.32. The Bertz CT molecular complexity index is 604. The molecule has 2 amide bonds. The Morgan fingerprint density at radius 2 is 1.48 bits per heavy atom. The molecule has 1 aromatic carbocycles. The Balaban J connectivity index is 1.47. The minimum atomic E-state index is -0.128. The van der Waals surface area contributed by atoms with E-state index in [1.807, 2.05) is 12.1 Å². The van der Waals surface area contributed by atoms with Crippen molar-refractivity contribution in [3.63, 3.8) is 0 Å². The van der Waals surface area contributed by atoms with E-state index >= 15 is 0 Å². The fraction of sp³-hybridized carbons (Fsp3) is 0.619. The van der Waals surface area contributed by atoms with Crippen molar-refractivity contribution in [1.29, 1.82) is 0 Å². The third-order valence-electron chi connectivity index (χ3n) is 5.17. The first-order chi connectivity index (χ1) is 11.8. The van der Waals surface area contributed by atoms with Gasteiger partial charge < -0.3 is 4.74 Å². The summed E-state index contributed by atoms with van der Waals surface area (Å²) in [6.07, 6.45) is 4.38. The highest BCUT2D eigenvalue weighted by molar-refractivity contribution is 6.21. The molecule has 0 radical (unpaired) electrons. The van der Waals surface area contributed by atoms with E-state index in [9.17, 15) is 9.59 Å².